The number of nitrogens with one attached hydrogen (secondary N) is 1. The Morgan fingerprint density at radius 2 is 1.58 bits per heavy atom. The highest BCUT2D eigenvalue weighted by Gasteiger charge is 2.28. The molecule has 2 amide bonds. The average Bonchev–Trinajstić information content (AvgIpc) is 3.30. The summed E-state index contributed by atoms with van der Waals surface area (Å²) in [4.78, 5) is 28.3. The van der Waals surface area contributed by atoms with Gasteiger partial charge in [-0.3, -0.25) is 14.5 Å². The Labute approximate surface area is 198 Å². The largest absolute Gasteiger partial charge is 0.411 e. The van der Waals surface area contributed by atoms with Crippen molar-refractivity contribution in [1.82, 2.24) is 10.2 Å². The molecule has 0 radical (unpaired) electrons. The maximum Gasteiger partial charge on any atom is 0.277 e. The minimum absolute atomic E-state index is 0.0698. The molecule has 0 spiro atoms. The quantitative estimate of drug-likeness (QED) is 0.376. The zero-order chi connectivity index (χ0) is 22.8. The van der Waals surface area contributed by atoms with Crippen LogP contribution in [0.2, 0.25) is 0 Å². The first-order valence-corrected chi connectivity index (χ1v) is 11.9. The van der Waals surface area contributed by atoms with E-state index in [2.05, 4.69) is 15.5 Å². The summed E-state index contributed by atoms with van der Waals surface area (Å²) >= 11 is 2.86. The number of fused-ring (bicyclic) bond motifs is 2. The van der Waals surface area contributed by atoms with Crippen molar-refractivity contribution in [1.29, 1.82) is 0 Å². The van der Waals surface area contributed by atoms with Crippen molar-refractivity contribution in [3.05, 3.63) is 72.8 Å². The monoisotopic (exact) mass is 474 g/mol. The van der Waals surface area contributed by atoms with E-state index in [0.717, 1.165) is 26.7 Å². The Bertz CT molecular complexity index is 1290. The van der Waals surface area contributed by atoms with Gasteiger partial charge in [0.15, 0.2) is 0 Å². The summed E-state index contributed by atoms with van der Waals surface area (Å²) in [6.07, 6.45) is 0. The molecule has 1 aromatic heterocycles. The van der Waals surface area contributed by atoms with Crippen LogP contribution in [0, 0.1) is 0 Å². The summed E-state index contributed by atoms with van der Waals surface area (Å²) in [7, 11) is 0. The summed E-state index contributed by atoms with van der Waals surface area (Å²) in [5, 5.41) is 11.2. The first-order chi connectivity index (χ1) is 16.1. The molecule has 2 heterocycles. The lowest BCUT2D eigenvalue weighted by Gasteiger charge is -2.30. The molecule has 9 heteroatoms. The van der Waals surface area contributed by atoms with Gasteiger partial charge in [-0.15, -0.1) is 10.2 Å². The molecular formula is C24H18N4O3S2. The molecular weight excluding hydrogens is 456 g/mol. The smallest absolute Gasteiger partial charge is 0.277 e. The van der Waals surface area contributed by atoms with E-state index in [-0.39, 0.29) is 17.6 Å². The number of carbonyl (C=O) groups is 2. The van der Waals surface area contributed by atoms with Crippen LogP contribution >= 0.6 is 23.5 Å². The van der Waals surface area contributed by atoms with E-state index in [1.165, 1.54) is 18.7 Å². The third kappa shape index (κ3) is 4.50. The van der Waals surface area contributed by atoms with Gasteiger partial charge in [0.1, 0.15) is 0 Å². The number of thioether (sulfide) groups is 1. The molecule has 33 heavy (non-hydrogen) atoms. The molecule has 0 saturated carbocycles. The molecule has 1 N–H and O–H groups in total. The van der Waals surface area contributed by atoms with Crippen LogP contribution in [0.5, 0.6) is 0 Å². The molecule has 1 aliphatic rings. The van der Waals surface area contributed by atoms with Gasteiger partial charge in [-0.2, -0.15) is 0 Å². The van der Waals surface area contributed by atoms with Gasteiger partial charge in [0.2, 0.25) is 17.7 Å². The summed E-state index contributed by atoms with van der Waals surface area (Å²) < 4.78 is 5.75. The van der Waals surface area contributed by atoms with E-state index in [0.29, 0.717) is 16.8 Å². The SMILES string of the molecule is CC(=O)Nc1ccc(-c2nnc(SCC(=O)N3c4ccccc4Sc4ccccc43)o2)cc1. The molecule has 0 fully saturated rings. The molecule has 0 saturated heterocycles. The first kappa shape index (κ1) is 21.3. The Hall–Kier alpha value is -3.56. The number of carbonyl (C=O) groups excluding carboxylic acids is 2. The van der Waals surface area contributed by atoms with Crippen LogP contribution in [0.4, 0.5) is 17.1 Å². The van der Waals surface area contributed by atoms with Crippen LogP contribution in [-0.4, -0.2) is 27.8 Å². The maximum absolute atomic E-state index is 13.3. The van der Waals surface area contributed by atoms with E-state index in [9.17, 15) is 9.59 Å². The normalized spacial score (nSPS) is 12.1. The molecule has 1 aliphatic heterocycles. The lowest BCUT2D eigenvalue weighted by Crippen LogP contribution is -2.29. The highest BCUT2D eigenvalue weighted by Crippen LogP contribution is 2.48. The molecule has 0 bridgehead atoms. The number of hydrogen-bond donors (Lipinski definition) is 1. The molecule has 0 atom stereocenters. The van der Waals surface area contributed by atoms with Crippen molar-refractivity contribution in [2.75, 3.05) is 16.0 Å². The summed E-state index contributed by atoms with van der Waals surface area (Å²) in [6.45, 7) is 1.45. The Morgan fingerprint density at radius 1 is 0.939 bits per heavy atom. The van der Waals surface area contributed by atoms with Crippen LogP contribution in [0.15, 0.2) is 92.2 Å². The number of hydrogen-bond acceptors (Lipinski definition) is 7. The molecule has 0 aliphatic carbocycles. The molecule has 4 aromatic rings. The first-order valence-electron chi connectivity index (χ1n) is 10.1. The second-order valence-corrected chi connectivity index (χ2v) is 9.20. The predicted octanol–water partition coefficient (Wildman–Crippen LogP) is 5.62. The molecule has 7 nitrogen and oxygen atoms in total. The topological polar surface area (TPSA) is 88.3 Å². The molecule has 3 aromatic carbocycles. The highest BCUT2D eigenvalue weighted by molar-refractivity contribution is 8.00. The molecule has 164 valence electrons. The summed E-state index contributed by atoms with van der Waals surface area (Å²) in [5.41, 5.74) is 3.16. The second-order valence-electron chi connectivity index (χ2n) is 7.19. The second kappa shape index (κ2) is 9.13. The van der Waals surface area contributed by atoms with Crippen LogP contribution in [-0.2, 0) is 9.59 Å². The lowest BCUT2D eigenvalue weighted by atomic mass is 10.2. The van der Waals surface area contributed by atoms with Crippen LogP contribution in [0.25, 0.3) is 11.5 Å². The number of aromatic nitrogens is 2. The third-order valence-corrected chi connectivity index (χ3v) is 6.79. The number of nitrogens with zero attached hydrogens (tertiary/aromatic N) is 3. The van der Waals surface area contributed by atoms with Gasteiger partial charge in [-0.1, -0.05) is 47.8 Å². The number of anilines is 3. The fourth-order valence-electron chi connectivity index (χ4n) is 3.45. The predicted molar refractivity (Wildman–Crippen MR) is 129 cm³/mol. The minimum atomic E-state index is -0.138. The molecule has 5 rings (SSSR count). The van der Waals surface area contributed by atoms with E-state index < -0.39 is 0 Å². The zero-order valence-corrected chi connectivity index (χ0v) is 19.2. The summed E-state index contributed by atoms with van der Waals surface area (Å²) in [6, 6.07) is 22.9. The van der Waals surface area contributed by atoms with Gasteiger partial charge >= 0.3 is 0 Å². The number of para-hydroxylation sites is 2. The standard InChI is InChI=1S/C24H18N4O3S2/c1-15(29)25-17-12-10-16(11-13-17)23-26-27-24(31-23)32-14-22(30)28-18-6-2-4-8-20(18)33-21-9-5-3-7-19(21)28/h2-13H,14H2,1H3,(H,25,29). The van der Waals surface area contributed by atoms with Crippen LogP contribution < -0.4 is 10.2 Å². The van der Waals surface area contributed by atoms with E-state index >= 15 is 0 Å². The average molecular weight is 475 g/mol. The van der Waals surface area contributed by atoms with Crippen molar-refractivity contribution in [2.24, 2.45) is 0 Å². The van der Waals surface area contributed by atoms with Gasteiger partial charge in [-0.25, -0.2) is 0 Å². The summed E-state index contributed by atoms with van der Waals surface area (Å²) in [5.74, 6) is 0.293. The zero-order valence-electron chi connectivity index (χ0n) is 17.5. The Morgan fingerprint density at radius 3 is 2.21 bits per heavy atom. The highest BCUT2D eigenvalue weighted by atomic mass is 32.2. The minimum Gasteiger partial charge on any atom is -0.411 e. The van der Waals surface area contributed by atoms with Gasteiger partial charge in [0.25, 0.3) is 5.22 Å². The van der Waals surface area contributed by atoms with Crippen molar-refractivity contribution in [2.45, 2.75) is 21.9 Å². The van der Waals surface area contributed by atoms with Crippen LogP contribution in [0.1, 0.15) is 6.92 Å². The van der Waals surface area contributed by atoms with Crippen molar-refractivity contribution < 1.29 is 14.0 Å². The number of rotatable bonds is 5. The van der Waals surface area contributed by atoms with Crippen molar-refractivity contribution >= 4 is 52.4 Å². The van der Waals surface area contributed by atoms with Gasteiger partial charge in [0, 0.05) is 28.0 Å². The lowest BCUT2D eigenvalue weighted by molar-refractivity contribution is -0.115. The number of amides is 2. The Kier molecular flexibility index (Phi) is 5.89. The maximum atomic E-state index is 13.3. The van der Waals surface area contributed by atoms with Crippen LogP contribution in [0.3, 0.4) is 0 Å². The van der Waals surface area contributed by atoms with Gasteiger partial charge < -0.3 is 9.73 Å². The Balaban J connectivity index is 1.31. The third-order valence-electron chi connectivity index (χ3n) is 4.86. The number of benzene rings is 3. The van der Waals surface area contributed by atoms with Gasteiger partial charge in [0.05, 0.1) is 17.1 Å². The fourth-order valence-corrected chi connectivity index (χ4v) is 5.12. The van der Waals surface area contributed by atoms with E-state index in [4.69, 9.17) is 4.42 Å². The van der Waals surface area contributed by atoms with Crippen molar-refractivity contribution in [3.63, 3.8) is 0 Å². The van der Waals surface area contributed by atoms with E-state index in [1.54, 1.807) is 40.9 Å². The fraction of sp³-hybridized carbons (Fsp3) is 0.0833. The van der Waals surface area contributed by atoms with E-state index in [1.807, 2.05) is 48.5 Å². The van der Waals surface area contributed by atoms with Gasteiger partial charge in [-0.05, 0) is 48.5 Å². The molecule has 0 unspecified atom stereocenters. The van der Waals surface area contributed by atoms with Crippen molar-refractivity contribution in [3.8, 4) is 11.5 Å².